The predicted molar refractivity (Wildman–Crippen MR) is 71.3 cm³/mol. The maximum Gasteiger partial charge on any atom is 0.257 e. The highest BCUT2D eigenvalue weighted by Gasteiger charge is 2.15. The second kappa shape index (κ2) is 6.55. The van der Waals surface area contributed by atoms with Gasteiger partial charge in [0.25, 0.3) is 10.0 Å². The van der Waals surface area contributed by atoms with Crippen LogP contribution in [0.25, 0.3) is 0 Å². The number of nitrogens with one attached hydrogen (secondary N) is 2. The lowest BCUT2D eigenvalue weighted by atomic mass is 10.3. The minimum atomic E-state index is -3.40. The largest absolute Gasteiger partial charge is 0.332 e. The SMILES string of the molecule is CCc1ncc(S(=O)(=O)NCCCCI)[nH]1. The molecule has 0 radical (unpaired) electrons. The number of aromatic amines is 1. The fourth-order valence-corrected chi connectivity index (χ4v) is 2.71. The summed E-state index contributed by atoms with van der Waals surface area (Å²) in [5.74, 6) is 0.688. The van der Waals surface area contributed by atoms with Crippen molar-refractivity contribution in [1.82, 2.24) is 14.7 Å². The lowest BCUT2D eigenvalue weighted by molar-refractivity contribution is 0.575. The third kappa shape index (κ3) is 4.02. The number of imidazole rings is 1. The molecule has 1 heterocycles. The van der Waals surface area contributed by atoms with Crippen LogP contribution in [-0.4, -0.2) is 29.4 Å². The highest BCUT2D eigenvalue weighted by molar-refractivity contribution is 14.1. The van der Waals surface area contributed by atoms with Crippen molar-refractivity contribution in [1.29, 1.82) is 0 Å². The molecule has 0 aliphatic carbocycles. The maximum atomic E-state index is 11.7. The van der Waals surface area contributed by atoms with Crippen molar-refractivity contribution >= 4 is 32.6 Å². The summed E-state index contributed by atoms with van der Waals surface area (Å²) in [6.45, 7) is 2.40. The topological polar surface area (TPSA) is 74.8 Å². The first-order chi connectivity index (χ1) is 7.60. The number of unbranched alkanes of at least 4 members (excludes halogenated alkanes) is 1. The lowest BCUT2D eigenvalue weighted by Gasteiger charge is -2.03. The van der Waals surface area contributed by atoms with E-state index < -0.39 is 10.0 Å². The Bertz CT molecular complexity index is 416. The van der Waals surface area contributed by atoms with E-state index >= 15 is 0 Å². The van der Waals surface area contributed by atoms with Crippen molar-refractivity contribution in [3.63, 3.8) is 0 Å². The van der Waals surface area contributed by atoms with Gasteiger partial charge in [0.1, 0.15) is 5.82 Å². The third-order valence-corrected chi connectivity index (χ3v) is 4.22. The van der Waals surface area contributed by atoms with Crippen LogP contribution < -0.4 is 4.72 Å². The molecule has 0 saturated heterocycles. The van der Waals surface area contributed by atoms with Crippen LogP contribution in [-0.2, 0) is 16.4 Å². The molecule has 0 bridgehead atoms. The van der Waals surface area contributed by atoms with Gasteiger partial charge in [0.2, 0.25) is 0 Å². The van der Waals surface area contributed by atoms with E-state index in [1.165, 1.54) is 6.20 Å². The summed E-state index contributed by atoms with van der Waals surface area (Å²) in [7, 11) is -3.40. The van der Waals surface area contributed by atoms with Gasteiger partial charge in [-0.15, -0.1) is 0 Å². The molecule has 2 N–H and O–H groups in total. The van der Waals surface area contributed by atoms with Gasteiger partial charge in [0.05, 0.1) is 6.20 Å². The Morgan fingerprint density at radius 3 is 2.81 bits per heavy atom. The second-order valence-corrected chi connectivity index (χ2v) is 6.16. The van der Waals surface area contributed by atoms with Gasteiger partial charge >= 0.3 is 0 Å². The summed E-state index contributed by atoms with van der Waals surface area (Å²) in [5.41, 5.74) is 0. The zero-order valence-electron chi connectivity index (χ0n) is 9.16. The normalized spacial score (nSPS) is 11.9. The Kier molecular flexibility index (Phi) is 5.70. The molecular weight excluding hydrogens is 341 g/mol. The molecule has 0 atom stereocenters. The molecule has 5 nitrogen and oxygen atoms in total. The standard InChI is InChI=1S/C9H16IN3O2S/c1-2-8-11-7-9(13-8)16(14,15)12-6-4-3-5-10/h7,12H,2-6H2,1H3,(H,11,13). The zero-order chi connectivity index (χ0) is 12.0. The van der Waals surface area contributed by atoms with Gasteiger partial charge < -0.3 is 4.98 Å². The van der Waals surface area contributed by atoms with E-state index in [0.717, 1.165) is 17.3 Å². The molecule has 0 fully saturated rings. The number of aryl methyl sites for hydroxylation is 1. The Hall–Kier alpha value is -0.150. The average molecular weight is 357 g/mol. The van der Waals surface area contributed by atoms with Crippen LogP contribution in [0.3, 0.4) is 0 Å². The molecule has 0 spiro atoms. The van der Waals surface area contributed by atoms with Gasteiger partial charge in [0.15, 0.2) is 5.03 Å². The van der Waals surface area contributed by atoms with E-state index in [0.29, 0.717) is 18.8 Å². The molecule has 16 heavy (non-hydrogen) atoms. The Labute approximate surface area is 110 Å². The first-order valence-electron chi connectivity index (χ1n) is 5.19. The van der Waals surface area contributed by atoms with Crippen LogP contribution in [0.5, 0.6) is 0 Å². The van der Waals surface area contributed by atoms with Gasteiger partial charge in [-0.05, 0) is 17.3 Å². The molecule has 0 aliphatic rings. The summed E-state index contributed by atoms with van der Waals surface area (Å²) in [6.07, 6.45) is 3.94. The average Bonchev–Trinajstić information content (AvgIpc) is 2.73. The Morgan fingerprint density at radius 1 is 1.50 bits per heavy atom. The van der Waals surface area contributed by atoms with Crippen LogP contribution in [0.2, 0.25) is 0 Å². The lowest BCUT2D eigenvalue weighted by Crippen LogP contribution is -2.25. The van der Waals surface area contributed by atoms with Gasteiger partial charge in [-0.25, -0.2) is 18.1 Å². The van der Waals surface area contributed by atoms with Crippen molar-refractivity contribution in [2.24, 2.45) is 0 Å². The molecule has 0 saturated carbocycles. The quantitative estimate of drug-likeness (QED) is 0.441. The Morgan fingerprint density at radius 2 is 2.25 bits per heavy atom. The smallest absolute Gasteiger partial charge is 0.257 e. The molecule has 1 aromatic rings. The van der Waals surface area contributed by atoms with Crippen molar-refractivity contribution in [3.8, 4) is 0 Å². The molecule has 0 unspecified atom stereocenters. The van der Waals surface area contributed by atoms with Crippen LogP contribution >= 0.6 is 22.6 Å². The summed E-state index contributed by atoms with van der Waals surface area (Å²) in [5, 5.41) is 0.152. The summed E-state index contributed by atoms with van der Waals surface area (Å²) >= 11 is 2.27. The molecule has 0 aliphatic heterocycles. The number of nitrogens with zero attached hydrogens (tertiary/aromatic N) is 1. The van der Waals surface area contributed by atoms with Crippen molar-refractivity contribution in [3.05, 3.63) is 12.0 Å². The number of alkyl halides is 1. The number of aromatic nitrogens is 2. The highest BCUT2D eigenvalue weighted by atomic mass is 127. The summed E-state index contributed by atoms with van der Waals surface area (Å²) in [6, 6.07) is 0. The first-order valence-corrected chi connectivity index (χ1v) is 8.20. The number of halogens is 1. The molecule has 0 aromatic carbocycles. The van der Waals surface area contributed by atoms with Crippen molar-refractivity contribution in [2.45, 2.75) is 31.2 Å². The molecule has 1 rings (SSSR count). The minimum absolute atomic E-state index is 0.152. The summed E-state index contributed by atoms with van der Waals surface area (Å²) in [4.78, 5) is 6.75. The molecule has 7 heteroatoms. The second-order valence-electron chi connectivity index (χ2n) is 3.34. The van der Waals surface area contributed by atoms with Gasteiger partial charge in [0, 0.05) is 13.0 Å². The van der Waals surface area contributed by atoms with Gasteiger partial charge in [-0.2, -0.15) is 0 Å². The number of hydrogen-bond acceptors (Lipinski definition) is 3. The van der Waals surface area contributed by atoms with E-state index in [2.05, 4.69) is 37.3 Å². The van der Waals surface area contributed by atoms with E-state index in [-0.39, 0.29) is 5.03 Å². The van der Waals surface area contributed by atoms with Crippen molar-refractivity contribution in [2.75, 3.05) is 11.0 Å². The fourth-order valence-electron chi connectivity index (χ4n) is 1.16. The van der Waals surface area contributed by atoms with Crippen LogP contribution in [0, 0.1) is 0 Å². The van der Waals surface area contributed by atoms with Crippen LogP contribution in [0.4, 0.5) is 0 Å². The Balaban J connectivity index is 2.56. The number of sulfonamides is 1. The number of hydrogen-bond donors (Lipinski definition) is 2. The van der Waals surface area contributed by atoms with E-state index in [1.807, 2.05) is 6.92 Å². The zero-order valence-corrected chi connectivity index (χ0v) is 12.1. The van der Waals surface area contributed by atoms with Crippen LogP contribution in [0.1, 0.15) is 25.6 Å². The third-order valence-electron chi connectivity index (χ3n) is 2.08. The maximum absolute atomic E-state index is 11.7. The first kappa shape index (κ1) is 13.9. The fraction of sp³-hybridized carbons (Fsp3) is 0.667. The molecule has 0 amide bonds. The van der Waals surface area contributed by atoms with E-state index in [1.54, 1.807) is 0 Å². The molecule has 92 valence electrons. The van der Waals surface area contributed by atoms with E-state index in [9.17, 15) is 8.42 Å². The van der Waals surface area contributed by atoms with E-state index in [4.69, 9.17) is 0 Å². The van der Waals surface area contributed by atoms with Crippen molar-refractivity contribution < 1.29 is 8.42 Å². The van der Waals surface area contributed by atoms with Crippen LogP contribution in [0.15, 0.2) is 11.2 Å². The van der Waals surface area contributed by atoms with Gasteiger partial charge in [-0.1, -0.05) is 29.5 Å². The molecule has 1 aromatic heterocycles. The molecular formula is C9H16IN3O2S. The monoisotopic (exact) mass is 357 g/mol. The minimum Gasteiger partial charge on any atom is -0.332 e. The summed E-state index contributed by atoms with van der Waals surface area (Å²) < 4.78 is 27.1. The number of H-pyrrole nitrogens is 1. The van der Waals surface area contributed by atoms with Gasteiger partial charge in [-0.3, -0.25) is 0 Å². The highest BCUT2D eigenvalue weighted by Crippen LogP contribution is 2.06. The predicted octanol–water partition coefficient (Wildman–Crippen LogP) is 1.47. The number of rotatable bonds is 7.